The van der Waals surface area contributed by atoms with Gasteiger partial charge in [-0.15, -0.1) is 0 Å². The smallest absolute Gasteiger partial charge is 0.259 e. The Kier molecular flexibility index (Phi) is 5.75. The third-order valence-electron chi connectivity index (χ3n) is 4.75. The zero-order valence-corrected chi connectivity index (χ0v) is 17.9. The van der Waals surface area contributed by atoms with E-state index in [1.54, 1.807) is 6.07 Å². The van der Waals surface area contributed by atoms with Crippen LogP contribution in [0.15, 0.2) is 53.9 Å². The fourth-order valence-corrected chi connectivity index (χ4v) is 4.32. The fraction of sp³-hybridized carbons (Fsp3) is 0.150. The molecule has 0 amide bonds. The molecule has 0 aliphatic carbocycles. The molecule has 4 heterocycles. The number of nitrogens with zero attached hydrogens (tertiary/aromatic N) is 6. The molecule has 9 nitrogen and oxygen atoms in total. The van der Waals surface area contributed by atoms with E-state index in [4.69, 9.17) is 0 Å². The Morgan fingerprint density at radius 3 is 2.41 bits per heavy atom. The molecule has 0 fully saturated rings. The van der Waals surface area contributed by atoms with Crippen LogP contribution in [0.1, 0.15) is 12.5 Å². The summed E-state index contributed by atoms with van der Waals surface area (Å²) in [5, 5.41) is 9.94. The van der Waals surface area contributed by atoms with Gasteiger partial charge in [-0.2, -0.15) is 23.2 Å². The lowest BCUT2D eigenvalue weighted by Gasteiger charge is -2.17. The molecule has 0 bridgehead atoms. The summed E-state index contributed by atoms with van der Waals surface area (Å²) < 4.78 is 79.8. The topological polar surface area (TPSA) is 126 Å². The number of alkyl halides is 3. The third kappa shape index (κ3) is 4.18. The van der Waals surface area contributed by atoms with Crippen molar-refractivity contribution in [3.8, 4) is 23.4 Å². The predicted molar refractivity (Wildman–Crippen MR) is 110 cm³/mol. The maximum atomic E-state index is 13.9. The van der Waals surface area contributed by atoms with Gasteiger partial charge in [0.05, 0.1) is 23.1 Å². The predicted octanol–water partition coefficient (Wildman–Crippen LogP) is 3.12. The molecule has 0 aliphatic rings. The van der Waals surface area contributed by atoms with Gasteiger partial charge in [0.2, 0.25) is 16.0 Å². The Hall–Kier alpha value is -3.96. The molecular formula is C20H13F4N7O2S. The molecule has 0 aromatic carbocycles. The highest BCUT2D eigenvalue weighted by molar-refractivity contribution is 7.89. The van der Waals surface area contributed by atoms with Gasteiger partial charge in [0.25, 0.3) is 0 Å². The number of aromatic nitrogens is 5. The van der Waals surface area contributed by atoms with E-state index >= 15 is 0 Å². The first-order valence-electron chi connectivity index (χ1n) is 9.46. The summed E-state index contributed by atoms with van der Waals surface area (Å²) in [6.07, 6.45) is -0.109. The molecule has 34 heavy (non-hydrogen) atoms. The maximum Gasteiger partial charge on any atom is 0.404 e. The van der Waals surface area contributed by atoms with E-state index in [1.165, 1.54) is 27.7 Å². The van der Waals surface area contributed by atoms with E-state index in [0.717, 1.165) is 24.5 Å². The number of fused-ring (bicyclic) bond motifs is 1. The highest BCUT2D eigenvalue weighted by atomic mass is 32.2. The first kappa shape index (κ1) is 23.2. The number of nitriles is 1. The molecule has 4 rings (SSSR count). The van der Waals surface area contributed by atoms with Crippen LogP contribution < -0.4 is 4.72 Å². The van der Waals surface area contributed by atoms with Crippen molar-refractivity contribution in [2.45, 2.75) is 24.0 Å². The average molecular weight is 491 g/mol. The van der Waals surface area contributed by atoms with Crippen molar-refractivity contribution in [1.82, 2.24) is 29.2 Å². The van der Waals surface area contributed by atoms with Crippen molar-refractivity contribution in [3.05, 3.63) is 60.4 Å². The van der Waals surface area contributed by atoms with E-state index in [1.807, 2.05) is 6.07 Å². The highest BCUT2D eigenvalue weighted by Gasteiger charge is 2.39. The van der Waals surface area contributed by atoms with Crippen LogP contribution in [-0.4, -0.2) is 45.1 Å². The second-order valence-electron chi connectivity index (χ2n) is 7.01. The minimum absolute atomic E-state index is 0.0265. The van der Waals surface area contributed by atoms with Crippen LogP contribution in [0.25, 0.3) is 28.4 Å². The zero-order valence-electron chi connectivity index (χ0n) is 17.1. The van der Waals surface area contributed by atoms with Gasteiger partial charge in [0.15, 0.2) is 0 Å². The van der Waals surface area contributed by atoms with Crippen LogP contribution in [0.2, 0.25) is 0 Å². The summed E-state index contributed by atoms with van der Waals surface area (Å²) in [5.41, 5.74) is 0.285. The Labute approximate surface area is 189 Å². The molecule has 0 unspecified atom stereocenters. The Morgan fingerprint density at radius 1 is 1.12 bits per heavy atom. The Morgan fingerprint density at radius 2 is 1.82 bits per heavy atom. The molecule has 1 N–H and O–H groups in total. The van der Waals surface area contributed by atoms with Crippen molar-refractivity contribution in [2.75, 3.05) is 0 Å². The van der Waals surface area contributed by atoms with Crippen molar-refractivity contribution >= 4 is 21.1 Å². The summed E-state index contributed by atoms with van der Waals surface area (Å²) in [4.78, 5) is 15.8. The summed E-state index contributed by atoms with van der Waals surface area (Å²) in [5.74, 6) is -0.608. The van der Waals surface area contributed by atoms with Gasteiger partial charge in [0.1, 0.15) is 28.5 Å². The number of hydrogen-bond donors (Lipinski definition) is 1. The number of halogens is 4. The average Bonchev–Trinajstić information content (AvgIpc) is 3.12. The number of hydrogen-bond acceptors (Lipinski definition) is 7. The third-order valence-corrected chi connectivity index (χ3v) is 6.28. The van der Waals surface area contributed by atoms with E-state index in [0.29, 0.717) is 6.92 Å². The number of rotatable bonds is 5. The molecule has 14 heteroatoms. The minimum atomic E-state index is -4.78. The molecule has 0 aliphatic heterocycles. The summed E-state index contributed by atoms with van der Waals surface area (Å²) in [7, 11) is -4.54. The molecule has 4 aromatic heterocycles. The van der Waals surface area contributed by atoms with Crippen molar-refractivity contribution in [2.24, 2.45) is 0 Å². The molecule has 174 valence electrons. The normalized spacial score (nSPS) is 13.1. The van der Waals surface area contributed by atoms with Gasteiger partial charge in [-0.25, -0.2) is 27.8 Å². The van der Waals surface area contributed by atoms with E-state index in [9.17, 15) is 31.2 Å². The molecular weight excluding hydrogens is 478 g/mol. The SMILES string of the molecule is C[C@H](NS(=O)(=O)c1ccc(-c2c(C#N)c3cc(F)cnc3n2-c2ncccn2)nc1)C(F)(F)F. The van der Waals surface area contributed by atoms with Gasteiger partial charge >= 0.3 is 6.18 Å². The first-order valence-corrected chi connectivity index (χ1v) is 10.9. The standard InChI is InChI=1S/C20H13F4N7O2S/c1-11(20(22,23)24)30-34(32,33)13-3-4-16(28-10-13)17-15(8-25)14-7-12(21)9-29-18(14)31(17)19-26-5-2-6-27-19/h2-7,9-11,30H,1H3/t11-/m0/s1. The van der Waals surface area contributed by atoms with Crippen LogP contribution in [0.4, 0.5) is 17.6 Å². The van der Waals surface area contributed by atoms with Crippen LogP contribution in [0.3, 0.4) is 0 Å². The molecule has 4 aromatic rings. The van der Waals surface area contributed by atoms with Crippen molar-refractivity contribution in [3.63, 3.8) is 0 Å². The number of nitrogens with one attached hydrogen (secondary N) is 1. The quantitative estimate of drug-likeness (QED) is 0.425. The van der Waals surface area contributed by atoms with Crippen molar-refractivity contribution in [1.29, 1.82) is 5.26 Å². The molecule has 0 saturated heterocycles. The minimum Gasteiger partial charge on any atom is -0.259 e. The second-order valence-corrected chi connectivity index (χ2v) is 8.72. The molecule has 0 spiro atoms. The lowest BCUT2D eigenvalue weighted by atomic mass is 10.1. The Bertz CT molecular complexity index is 1510. The summed E-state index contributed by atoms with van der Waals surface area (Å²) >= 11 is 0. The summed E-state index contributed by atoms with van der Waals surface area (Å²) in [6.45, 7) is 0.670. The Balaban J connectivity index is 1.87. The lowest BCUT2D eigenvalue weighted by molar-refractivity contribution is -0.147. The van der Waals surface area contributed by atoms with Gasteiger partial charge < -0.3 is 0 Å². The van der Waals surface area contributed by atoms with E-state index < -0.39 is 33.0 Å². The molecule has 1 atom stereocenters. The van der Waals surface area contributed by atoms with Crippen LogP contribution in [-0.2, 0) is 10.0 Å². The first-order chi connectivity index (χ1) is 16.0. The lowest BCUT2D eigenvalue weighted by Crippen LogP contribution is -2.42. The van der Waals surface area contributed by atoms with Crippen molar-refractivity contribution < 1.29 is 26.0 Å². The van der Waals surface area contributed by atoms with Crippen LogP contribution >= 0.6 is 0 Å². The van der Waals surface area contributed by atoms with Crippen LogP contribution in [0, 0.1) is 17.1 Å². The van der Waals surface area contributed by atoms with Gasteiger partial charge in [-0.1, -0.05) is 0 Å². The molecule has 0 radical (unpaired) electrons. The van der Waals surface area contributed by atoms with E-state index in [2.05, 4.69) is 19.9 Å². The summed E-state index contributed by atoms with van der Waals surface area (Å²) in [6, 6.07) is 4.55. The maximum absolute atomic E-state index is 13.9. The second kappa shape index (κ2) is 8.43. The fourth-order valence-electron chi connectivity index (χ4n) is 3.14. The largest absolute Gasteiger partial charge is 0.404 e. The van der Waals surface area contributed by atoms with Crippen LogP contribution in [0.5, 0.6) is 0 Å². The van der Waals surface area contributed by atoms with Gasteiger partial charge in [-0.3, -0.25) is 9.55 Å². The van der Waals surface area contributed by atoms with E-state index in [-0.39, 0.29) is 33.9 Å². The molecule has 0 saturated carbocycles. The zero-order chi connectivity index (χ0) is 24.7. The van der Waals surface area contributed by atoms with Gasteiger partial charge in [0, 0.05) is 24.0 Å². The number of sulfonamides is 1. The monoisotopic (exact) mass is 491 g/mol. The highest BCUT2D eigenvalue weighted by Crippen LogP contribution is 2.34. The van der Waals surface area contributed by atoms with Gasteiger partial charge in [-0.05, 0) is 31.2 Å². The number of pyridine rings is 2.